The van der Waals surface area contributed by atoms with Crippen molar-refractivity contribution in [2.75, 3.05) is 13.2 Å². The van der Waals surface area contributed by atoms with Gasteiger partial charge in [-0.05, 0) is 49.1 Å². The normalized spacial score (nSPS) is 27.9. The third kappa shape index (κ3) is 3.11. The molecule has 2 fully saturated rings. The summed E-state index contributed by atoms with van der Waals surface area (Å²) in [6.45, 7) is 0.761. The van der Waals surface area contributed by atoms with Crippen LogP contribution in [0.3, 0.4) is 0 Å². The molecule has 0 atom stereocenters. The van der Waals surface area contributed by atoms with Gasteiger partial charge in [0.1, 0.15) is 5.60 Å². The zero-order chi connectivity index (χ0) is 14.9. The molecule has 0 aromatic heterocycles. The van der Waals surface area contributed by atoms with E-state index in [1.165, 1.54) is 5.56 Å². The number of ether oxygens (including phenoxy) is 1. The molecule has 1 aromatic rings. The first-order valence-electron chi connectivity index (χ1n) is 7.69. The summed E-state index contributed by atoms with van der Waals surface area (Å²) >= 11 is 0. The lowest BCUT2D eigenvalue weighted by Gasteiger charge is -2.36. The molecule has 114 valence electrons. The highest BCUT2D eigenvalue weighted by Crippen LogP contribution is 2.32. The summed E-state index contributed by atoms with van der Waals surface area (Å²) in [7, 11) is 0. The van der Waals surface area contributed by atoms with E-state index < -0.39 is 11.6 Å². The van der Waals surface area contributed by atoms with Crippen molar-refractivity contribution < 1.29 is 19.7 Å². The predicted molar refractivity (Wildman–Crippen MR) is 77.9 cm³/mol. The van der Waals surface area contributed by atoms with Gasteiger partial charge in [-0.1, -0.05) is 24.3 Å². The van der Waals surface area contributed by atoms with E-state index >= 15 is 0 Å². The van der Waals surface area contributed by atoms with Crippen molar-refractivity contribution in [3.63, 3.8) is 0 Å². The number of carboxylic acids is 1. The van der Waals surface area contributed by atoms with Crippen molar-refractivity contribution in [1.82, 2.24) is 0 Å². The summed E-state index contributed by atoms with van der Waals surface area (Å²) < 4.78 is 5.08. The van der Waals surface area contributed by atoms with E-state index in [9.17, 15) is 9.90 Å². The van der Waals surface area contributed by atoms with Gasteiger partial charge < -0.3 is 14.9 Å². The number of aliphatic hydroxyl groups is 1. The van der Waals surface area contributed by atoms with E-state index in [0.717, 1.165) is 37.7 Å². The fraction of sp³-hybridized carbons (Fsp3) is 0.588. The molecule has 0 unspecified atom stereocenters. The van der Waals surface area contributed by atoms with Crippen molar-refractivity contribution in [2.24, 2.45) is 11.8 Å². The predicted octanol–water partition coefficient (Wildman–Crippen LogP) is 2.34. The SMILES string of the molecule is O=C(O)[C@H]1CC[C@H](Cc2ccc(C3(O)COC3)cc2)CC1. The fourth-order valence-corrected chi connectivity index (χ4v) is 3.36. The second kappa shape index (κ2) is 5.78. The Morgan fingerprint density at radius 3 is 2.24 bits per heavy atom. The van der Waals surface area contributed by atoms with Gasteiger partial charge in [0.2, 0.25) is 0 Å². The Morgan fingerprint density at radius 2 is 1.76 bits per heavy atom. The standard InChI is InChI=1S/C17H22O4/c18-16(19)14-5-1-12(2-6-14)9-13-3-7-15(8-4-13)17(20)10-21-11-17/h3-4,7-8,12,14,20H,1-2,5-6,9-11H2,(H,18,19)/t12-,14-. The van der Waals surface area contributed by atoms with Gasteiger partial charge in [-0.25, -0.2) is 0 Å². The molecule has 1 heterocycles. The van der Waals surface area contributed by atoms with Crippen molar-refractivity contribution in [3.8, 4) is 0 Å². The Labute approximate surface area is 124 Å². The molecular weight excluding hydrogens is 268 g/mol. The van der Waals surface area contributed by atoms with Crippen LogP contribution in [0.5, 0.6) is 0 Å². The van der Waals surface area contributed by atoms with E-state index in [0.29, 0.717) is 19.1 Å². The zero-order valence-electron chi connectivity index (χ0n) is 12.1. The Kier molecular flexibility index (Phi) is 4.00. The molecule has 3 rings (SSSR count). The van der Waals surface area contributed by atoms with Crippen LogP contribution < -0.4 is 0 Å². The minimum Gasteiger partial charge on any atom is -0.481 e. The minimum atomic E-state index is -0.794. The summed E-state index contributed by atoms with van der Waals surface area (Å²) in [6.07, 6.45) is 4.60. The van der Waals surface area contributed by atoms with Crippen LogP contribution in [0, 0.1) is 11.8 Å². The Morgan fingerprint density at radius 1 is 1.14 bits per heavy atom. The molecule has 1 aromatic carbocycles. The molecule has 0 bridgehead atoms. The smallest absolute Gasteiger partial charge is 0.306 e. The number of hydrogen-bond acceptors (Lipinski definition) is 3. The molecule has 4 heteroatoms. The maximum atomic E-state index is 11.0. The Bertz CT molecular complexity index is 496. The van der Waals surface area contributed by atoms with Crippen LogP contribution in [0.25, 0.3) is 0 Å². The Balaban J connectivity index is 1.55. The molecule has 2 N–H and O–H groups in total. The van der Waals surface area contributed by atoms with E-state index in [-0.39, 0.29) is 5.92 Å². The van der Waals surface area contributed by atoms with Gasteiger partial charge in [-0.2, -0.15) is 0 Å². The fourth-order valence-electron chi connectivity index (χ4n) is 3.36. The molecule has 0 radical (unpaired) electrons. The Hall–Kier alpha value is -1.39. The summed E-state index contributed by atoms with van der Waals surface area (Å²) in [5, 5.41) is 19.2. The van der Waals surface area contributed by atoms with Gasteiger partial charge in [0.15, 0.2) is 0 Å². The lowest BCUT2D eigenvalue weighted by molar-refractivity contribution is -0.184. The second-order valence-electron chi connectivity index (χ2n) is 6.48. The number of rotatable bonds is 4. The van der Waals surface area contributed by atoms with Gasteiger partial charge in [-0.3, -0.25) is 4.79 Å². The molecule has 0 spiro atoms. The monoisotopic (exact) mass is 290 g/mol. The van der Waals surface area contributed by atoms with Crippen LogP contribution in [0.2, 0.25) is 0 Å². The highest BCUT2D eigenvalue weighted by molar-refractivity contribution is 5.69. The van der Waals surface area contributed by atoms with Gasteiger partial charge in [0.05, 0.1) is 19.1 Å². The summed E-state index contributed by atoms with van der Waals surface area (Å²) in [5.74, 6) is -0.202. The number of benzene rings is 1. The quantitative estimate of drug-likeness (QED) is 0.893. The highest BCUT2D eigenvalue weighted by atomic mass is 16.5. The summed E-state index contributed by atoms with van der Waals surface area (Å²) in [4.78, 5) is 11.0. The van der Waals surface area contributed by atoms with Crippen LogP contribution in [-0.4, -0.2) is 29.4 Å². The van der Waals surface area contributed by atoms with Crippen molar-refractivity contribution in [1.29, 1.82) is 0 Å². The zero-order valence-corrected chi connectivity index (χ0v) is 12.1. The highest BCUT2D eigenvalue weighted by Gasteiger charge is 2.37. The largest absolute Gasteiger partial charge is 0.481 e. The third-order valence-electron chi connectivity index (χ3n) is 4.89. The number of aliphatic carboxylic acids is 1. The van der Waals surface area contributed by atoms with E-state index in [2.05, 4.69) is 12.1 Å². The van der Waals surface area contributed by atoms with Crippen molar-refractivity contribution in [2.45, 2.75) is 37.7 Å². The first kappa shape index (κ1) is 14.5. The molecule has 2 aliphatic rings. The molecule has 1 saturated carbocycles. The molecule has 1 saturated heterocycles. The lowest BCUT2D eigenvalue weighted by Crippen LogP contribution is -2.46. The first-order valence-corrected chi connectivity index (χ1v) is 7.69. The maximum Gasteiger partial charge on any atom is 0.306 e. The number of carbonyl (C=O) groups is 1. The first-order chi connectivity index (χ1) is 10.1. The molecule has 0 amide bonds. The van der Waals surface area contributed by atoms with Gasteiger partial charge >= 0.3 is 5.97 Å². The van der Waals surface area contributed by atoms with Crippen LogP contribution in [0.15, 0.2) is 24.3 Å². The van der Waals surface area contributed by atoms with E-state index in [1.54, 1.807) is 0 Å². The molecule has 1 aliphatic carbocycles. The molecule has 21 heavy (non-hydrogen) atoms. The van der Waals surface area contributed by atoms with Crippen LogP contribution >= 0.6 is 0 Å². The molecule has 1 aliphatic heterocycles. The minimum absolute atomic E-state index is 0.142. The second-order valence-corrected chi connectivity index (χ2v) is 6.48. The van der Waals surface area contributed by atoms with Crippen molar-refractivity contribution in [3.05, 3.63) is 35.4 Å². The van der Waals surface area contributed by atoms with Gasteiger partial charge in [0, 0.05) is 0 Å². The molecular formula is C17H22O4. The number of hydrogen-bond donors (Lipinski definition) is 2. The summed E-state index contributed by atoms with van der Waals surface area (Å²) in [5.41, 5.74) is 1.39. The molecule has 4 nitrogen and oxygen atoms in total. The van der Waals surface area contributed by atoms with Crippen LogP contribution in [0.4, 0.5) is 0 Å². The summed E-state index contributed by atoms with van der Waals surface area (Å²) in [6, 6.07) is 8.13. The average Bonchev–Trinajstić information content (AvgIpc) is 2.46. The number of carboxylic acid groups (broad SMARTS) is 1. The van der Waals surface area contributed by atoms with Crippen LogP contribution in [0.1, 0.15) is 36.8 Å². The lowest BCUT2D eigenvalue weighted by atomic mass is 9.79. The van der Waals surface area contributed by atoms with E-state index in [4.69, 9.17) is 9.84 Å². The average molecular weight is 290 g/mol. The van der Waals surface area contributed by atoms with E-state index in [1.807, 2.05) is 12.1 Å². The van der Waals surface area contributed by atoms with Crippen LogP contribution in [-0.2, 0) is 21.6 Å². The topological polar surface area (TPSA) is 66.8 Å². The third-order valence-corrected chi connectivity index (χ3v) is 4.89. The maximum absolute atomic E-state index is 11.0. The van der Waals surface area contributed by atoms with Gasteiger partial charge in [0.25, 0.3) is 0 Å². The van der Waals surface area contributed by atoms with Gasteiger partial charge in [-0.15, -0.1) is 0 Å². The van der Waals surface area contributed by atoms with Crippen molar-refractivity contribution >= 4 is 5.97 Å².